The number of nitrogen functional groups attached to an aromatic ring is 1. The Bertz CT molecular complexity index is 690. The van der Waals surface area contributed by atoms with Gasteiger partial charge < -0.3 is 11.1 Å². The van der Waals surface area contributed by atoms with Gasteiger partial charge in [-0.2, -0.15) is 5.10 Å². The number of rotatable bonds is 3. The quantitative estimate of drug-likeness (QED) is 0.846. The molecule has 5 heteroatoms. The zero-order chi connectivity index (χ0) is 15.0. The number of benzene rings is 1. The molecule has 21 heavy (non-hydrogen) atoms. The van der Waals surface area contributed by atoms with Gasteiger partial charge >= 0.3 is 0 Å². The molecule has 0 bridgehead atoms. The minimum atomic E-state index is -0.0700. The molecular formula is C16H20N4O. The Kier molecular flexibility index (Phi) is 3.41. The van der Waals surface area contributed by atoms with Crippen LogP contribution >= 0.6 is 0 Å². The van der Waals surface area contributed by atoms with E-state index >= 15 is 0 Å². The number of amides is 1. The van der Waals surface area contributed by atoms with E-state index in [4.69, 9.17) is 5.73 Å². The Morgan fingerprint density at radius 2 is 2.29 bits per heavy atom. The molecule has 0 radical (unpaired) electrons. The molecule has 0 saturated heterocycles. The number of anilines is 1. The fourth-order valence-electron chi connectivity index (χ4n) is 2.93. The highest BCUT2D eigenvalue weighted by atomic mass is 16.2. The summed E-state index contributed by atoms with van der Waals surface area (Å²) in [5.74, 6) is -0.0700. The van der Waals surface area contributed by atoms with E-state index in [-0.39, 0.29) is 11.9 Å². The van der Waals surface area contributed by atoms with E-state index in [9.17, 15) is 4.79 Å². The summed E-state index contributed by atoms with van der Waals surface area (Å²) in [6.45, 7) is 2.03. The number of aryl methyl sites for hydroxylation is 3. The Balaban J connectivity index is 1.79. The Morgan fingerprint density at radius 1 is 1.48 bits per heavy atom. The largest absolute Gasteiger partial charge is 0.399 e. The Morgan fingerprint density at radius 3 is 3.00 bits per heavy atom. The Labute approximate surface area is 124 Å². The lowest BCUT2D eigenvalue weighted by atomic mass is 10.1. The lowest BCUT2D eigenvalue weighted by molar-refractivity contribution is 0.0927. The van der Waals surface area contributed by atoms with Crippen molar-refractivity contribution in [2.24, 2.45) is 7.05 Å². The van der Waals surface area contributed by atoms with Crippen molar-refractivity contribution < 1.29 is 4.79 Å². The van der Waals surface area contributed by atoms with Gasteiger partial charge in [0.1, 0.15) is 5.69 Å². The van der Waals surface area contributed by atoms with Crippen molar-refractivity contribution in [3.05, 3.63) is 46.8 Å². The molecule has 0 saturated carbocycles. The molecule has 110 valence electrons. The van der Waals surface area contributed by atoms with Gasteiger partial charge in [0.25, 0.3) is 5.91 Å². The first-order valence-corrected chi connectivity index (χ1v) is 7.30. The maximum atomic E-state index is 12.4. The summed E-state index contributed by atoms with van der Waals surface area (Å²) >= 11 is 0. The van der Waals surface area contributed by atoms with Crippen LogP contribution in [0.25, 0.3) is 0 Å². The number of nitrogens with zero attached hydrogens (tertiary/aromatic N) is 2. The lowest BCUT2D eigenvalue weighted by Crippen LogP contribution is -2.28. The monoisotopic (exact) mass is 284 g/mol. The van der Waals surface area contributed by atoms with Crippen molar-refractivity contribution in [2.45, 2.75) is 32.2 Å². The number of nitrogens with two attached hydrogens (primary N) is 1. The minimum Gasteiger partial charge on any atom is -0.399 e. The number of aromatic nitrogens is 2. The molecule has 1 amide bonds. The van der Waals surface area contributed by atoms with Crippen LogP contribution in [0.4, 0.5) is 5.69 Å². The zero-order valence-corrected chi connectivity index (χ0v) is 12.4. The third-order valence-electron chi connectivity index (χ3n) is 4.08. The van der Waals surface area contributed by atoms with Crippen LogP contribution < -0.4 is 11.1 Å². The van der Waals surface area contributed by atoms with Crippen LogP contribution in [0.3, 0.4) is 0 Å². The van der Waals surface area contributed by atoms with Crippen molar-refractivity contribution in [2.75, 3.05) is 5.73 Å². The second-order valence-electron chi connectivity index (χ2n) is 5.52. The zero-order valence-electron chi connectivity index (χ0n) is 12.4. The fraction of sp³-hybridized carbons (Fsp3) is 0.375. The maximum absolute atomic E-state index is 12.4. The maximum Gasteiger partial charge on any atom is 0.270 e. The van der Waals surface area contributed by atoms with E-state index < -0.39 is 0 Å². The molecule has 1 atom stereocenters. The van der Waals surface area contributed by atoms with Gasteiger partial charge in [-0.25, -0.2) is 0 Å². The highest BCUT2D eigenvalue weighted by molar-refractivity contribution is 5.93. The molecule has 1 aromatic carbocycles. The number of nitrogens with one attached hydrogen (secondary N) is 1. The van der Waals surface area contributed by atoms with E-state index in [1.807, 2.05) is 31.2 Å². The topological polar surface area (TPSA) is 72.9 Å². The molecule has 1 unspecified atom stereocenters. The molecule has 1 aromatic heterocycles. The van der Waals surface area contributed by atoms with Gasteiger partial charge in [0.15, 0.2) is 0 Å². The molecule has 0 aliphatic heterocycles. The minimum absolute atomic E-state index is 0.0630. The van der Waals surface area contributed by atoms with Crippen LogP contribution in [-0.4, -0.2) is 15.7 Å². The summed E-state index contributed by atoms with van der Waals surface area (Å²) in [5.41, 5.74) is 10.5. The summed E-state index contributed by atoms with van der Waals surface area (Å²) in [6, 6.07) is 7.83. The predicted octanol–water partition coefficient (Wildman–Crippen LogP) is 1.98. The highest BCUT2D eigenvalue weighted by Crippen LogP contribution is 2.32. The second kappa shape index (κ2) is 5.24. The van der Waals surface area contributed by atoms with Crippen molar-refractivity contribution in [1.82, 2.24) is 15.1 Å². The van der Waals surface area contributed by atoms with Gasteiger partial charge in [-0.3, -0.25) is 9.48 Å². The number of hydrogen-bond donors (Lipinski definition) is 2. The second-order valence-corrected chi connectivity index (χ2v) is 5.52. The average molecular weight is 284 g/mol. The Hall–Kier alpha value is -2.30. The predicted molar refractivity (Wildman–Crippen MR) is 82.0 cm³/mol. The van der Waals surface area contributed by atoms with Crippen LogP contribution in [0, 0.1) is 0 Å². The standard InChI is InChI=1S/C16H20N4O/c1-3-12-9-15(20(2)19-12)16(21)18-14-7-4-10-8-11(17)5-6-13(10)14/h5-6,8-9,14H,3-4,7,17H2,1-2H3,(H,18,21). The first-order chi connectivity index (χ1) is 10.1. The van der Waals surface area contributed by atoms with Crippen LogP contribution in [0.1, 0.15) is 46.7 Å². The van der Waals surface area contributed by atoms with Gasteiger partial charge in [-0.05, 0) is 48.6 Å². The van der Waals surface area contributed by atoms with Crippen LogP contribution in [-0.2, 0) is 19.9 Å². The van der Waals surface area contributed by atoms with E-state index in [1.54, 1.807) is 11.7 Å². The average Bonchev–Trinajstić information content (AvgIpc) is 3.02. The van der Waals surface area contributed by atoms with Gasteiger partial charge in [0, 0.05) is 12.7 Å². The van der Waals surface area contributed by atoms with E-state index in [1.165, 1.54) is 11.1 Å². The smallest absolute Gasteiger partial charge is 0.270 e. The molecule has 0 fully saturated rings. The number of hydrogen-bond acceptors (Lipinski definition) is 3. The summed E-state index contributed by atoms with van der Waals surface area (Å²) in [4.78, 5) is 12.4. The van der Waals surface area contributed by atoms with Crippen molar-refractivity contribution in [1.29, 1.82) is 0 Å². The van der Waals surface area contributed by atoms with Crippen molar-refractivity contribution >= 4 is 11.6 Å². The third-order valence-corrected chi connectivity index (χ3v) is 4.08. The molecule has 1 heterocycles. The first kappa shape index (κ1) is 13.7. The molecule has 1 aliphatic carbocycles. The molecule has 3 N–H and O–H groups in total. The van der Waals surface area contributed by atoms with Crippen LogP contribution in [0.5, 0.6) is 0 Å². The number of carbonyl (C=O) groups is 1. The van der Waals surface area contributed by atoms with Gasteiger partial charge in [-0.1, -0.05) is 13.0 Å². The summed E-state index contributed by atoms with van der Waals surface area (Å²) < 4.78 is 1.65. The van der Waals surface area contributed by atoms with Gasteiger partial charge in [0.05, 0.1) is 11.7 Å². The normalized spacial score (nSPS) is 16.8. The van der Waals surface area contributed by atoms with Crippen LogP contribution in [0.2, 0.25) is 0 Å². The highest BCUT2D eigenvalue weighted by Gasteiger charge is 2.25. The summed E-state index contributed by atoms with van der Waals surface area (Å²) in [5, 5.41) is 7.43. The lowest BCUT2D eigenvalue weighted by Gasteiger charge is -2.14. The molecular weight excluding hydrogens is 264 g/mol. The van der Waals surface area contributed by atoms with Gasteiger partial charge in [-0.15, -0.1) is 0 Å². The molecule has 0 spiro atoms. The van der Waals surface area contributed by atoms with E-state index in [2.05, 4.69) is 10.4 Å². The fourth-order valence-corrected chi connectivity index (χ4v) is 2.93. The third kappa shape index (κ3) is 2.51. The SMILES string of the molecule is CCc1cc(C(=O)NC2CCc3cc(N)ccc32)n(C)n1. The first-order valence-electron chi connectivity index (χ1n) is 7.30. The summed E-state index contributed by atoms with van der Waals surface area (Å²) in [6.07, 6.45) is 2.70. The van der Waals surface area contributed by atoms with E-state index in [0.717, 1.165) is 30.6 Å². The molecule has 1 aliphatic rings. The van der Waals surface area contributed by atoms with Gasteiger partial charge in [0.2, 0.25) is 0 Å². The number of fused-ring (bicyclic) bond motifs is 1. The molecule has 5 nitrogen and oxygen atoms in total. The number of carbonyl (C=O) groups excluding carboxylic acids is 1. The van der Waals surface area contributed by atoms with Crippen LogP contribution in [0.15, 0.2) is 24.3 Å². The molecule has 3 rings (SSSR count). The van der Waals surface area contributed by atoms with Crippen molar-refractivity contribution in [3.8, 4) is 0 Å². The molecule has 2 aromatic rings. The van der Waals surface area contributed by atoms with E-state index in [0.29, 0.717) is 5.69 Å². The van der Waals surface area contributed by atoms with Crippen molar-refractivity contribution in [3.63, 3.8) is 0 Å². The summed E-state index contributed by atoms with van der Waals surface area (Å²) in [7, 11) is 1.80.